The van der Waals surface area contributed by atoms with E-state index in [1.165, 1.54) is 0 Å². The summed E-state index contributed by atoms with van der Waals surface area (Å²) in [6.45, 7) is 8.78. The summed E-state index contributed by atoms with van der Waals surface area (Å²) in [6, 6.07) is 11.9. The summed E-state index contributed by atoms with van der Waals surface area (Å²) in [7, 11) is 0. The third-order valence-corrected chi connectivity index (χ3v) is 6.11. The number of carbonyl (C=O) groups excluding carboxylic acids is 2. The Bertz CT molecular complexity index is 1180. The van der Waals surface area contributed by atoms with Gasteiger partial charge >= 0.3 is 11.9 Å². The lowest BCUT2D eigenvalue weighted by atomic mass is 10.1. The molecule has 2 unspecified atom stereocenters. The van der Waals surface area contributed by atoms with Crippen LogP contribution in [-0.2, 0) is 19.1 Å². The highest BCUT2D eigenvalue weighted by Crippen LogP contribution is 2.28. The Morgan fingerprint density at radius 1 is 1.05 bits per heavy atom. The van der Waals surface area contributed by atoms with E-state index >= 15 is 0 Å². The molecule has 0 heterocycles. The molecule has 214 valence electrons. The van der Waals surface area contributed by atoms with Gasteiger partial charge in [0.2, 0.25) is 6.29 Å². The van der Waals surface area contributed by atoms with Crippen molar-refractivity contribution >= 4 is 11.9 Å². The topological polar surface area (TPSA) is 101 Å². The van der Waals surface area contributed by atoms with Crippen LogP contribution >= 0.6 is 0 Å². The molecule has 0 spiro atoms. The molecular weight excluding hydrogens is 512 g/mol. The Morgan fingerprint density at radius 2 is 1.80 bits per heavy atom. The monoisotopic (exact) mass is 550 g/mol. The molecule has 0 radical (unpaired) electrons. The van der Waals surface area contributed by atoms with E-state index < -0.39 is 18.2 Å². The average Bonchev–Trinajstić information content (AvgIpc) is 2.96. The lowest BCUT2D eigenvalue weighted by molar-refractivity contribution is -0.138. The molecule has 8 heteroatoms. The van der Waals surface area contributed by atoms with Gasteiger partial charge in [0.05, 0.1) is 24.9 Å². The largest absolute Gasteiger partial charge is 0.494 e. The molecule has 0 fully saturated rings. The third-order valence-electron chi connectivity index (χ3n) is 6.11. The molecule has 8 nitrogen and oxygen atoms in total. The molecule has 1 aliphatic rings. The molecule has 40 heavy (non-hydrogen) atoms. The van der Waals surface area contributed by atoms with Crippen LogP contribution in [0.25, 0.3) is 0 Å². The fourth-order valence-corrected chi connectivity index (χ4v) is 3.77. The van der Waals surface area contributed by atoms with Gasteiger partial charge in [-0.2, -0.15) is 0 Å². The van der Waals surface area contributed by atoms with Gasteiger partial charge in [-0.15, -0.1) is 0 Å². The van der Waals surface area contributed by atoms with Crippen molar-refractivity contribution in [1.29, 1.82) is 0 Å². The van der Waals surface area contributed by atoms with Crippen LogP contribution in [0.1, 0.15) is 56.4 Å². The first-order chi connectivity index (χ1) is 19.4. The molecule has 2 aromatic carbocycles. The summed E-state index contributed by atoms with van der Waals surface area (Å²) < 4.78 is 27.7. The molecule has 0 saturated carbocycles. The highest BCUT2D eigenvalue weighted by atomic mass is 16.6. The van der Waals surface area contributed by atoms with Crippen molar-refractivity contribution in [2.75, 3.05) is 19.8 Å². The number of rotatable bonds is 16. The summed E-state index contributed by atoms with van der Waals surface area (Å²) in [5, 5.41) is 10.5. The van der Waals surface area contributed by atoms with Crippen LogP contribution in [0.15, 0.2) is 78.9 Å². The Labute approximate surface area is 235 Å². The first-order valence-corrected chi connectivity index (χ1v) is 13.6. The summed E-state index contributed by atoms with van der Waals surface area (Å²) in [4.78, 5) is 23.6. The lowest BCUT2D eigenvalue weighted by Crippen LogP contribution is -2.17. The molecule has 3 rings (SSSR count). The molecule has 0 saturated heterocycles. The number of aliphatic hydroxyl groups excluding tert-OH is 1. The molecule has 0 aliphatic heterocycles. The maximum atomic E-state index is 12.6. The Morgan fingerprint density at radius 3 is 2.48 bits per heavy atom. The van der Waals surface area contributed by atoms with Gasteiger partial charge in [0.25, 0.3) is 0 Å². The summed E-state index contributed by atoms with van der Waals surface area (Å²) >= 11 is 0. The predicted molar refractivity (Wildman–Crippen MR) is 151 cm³/mol. The number of aryl methyl sites for hydroxylation is 1. The van der Waals surface area contributed by atoms with E-state index in [1.54, 1.807) is 55.5 Å². The van der Waals surface area contributed by atoms with Crippen LogP contribution in [0.3, 0.4) is 0 Å². The van der Waals surface area contributed by atoms with Gasteiger partial charge in [0, 0.05) is 18.2 Å². The number of hydrogen-bond acceptors (Lipinski definition) is 8. The van der Waals surface area contributed by atoms with Crippen LogP contribution in [0.5, 0.6) is 17.2 Å². The van der Waals surface area contributed by atoms with Crippen LogP contribution in [-0.4, -0.2) is 43.0 Å². The van der Waals surface area contributed by atoms with Crippen molar-refractivity contribution in [3.63, 3.8) is 0 Å². The standard InChI is InChI=1S/C32H38O8/c1-4-6-19-36-26-15-11-25(12-16-26)32(35)40-29-18-17-28(22-23(29)3)39-31(34)24-9-13-27(14-10-24)37-20-7-8-21-38-30(33)5-2/h5,9-15,17-18,22,26,31,34H,2,4,6-8,16,19-21H2,1,3H3. The smallest absolute Gasteiger partial charge is 0.343 e. The SMILES string of the molecule is C=CC(=O)OCCCCOc1ccc(C(O)Oc2ccc(OC(=O)C3=CCC(OCCCC)C=C3)c(C)c2)cc1. The summed E-state index contributed by atoms with van der Waals surface area (Å²) in [6.07, 6.45) is 9.55. The van der Waals surface area contributed by atoms with E-state index in [0.29, 0.717) is 66.6 Å². The predicted octanol–water partition coefficient (Wildman–Crippen LogP) is 5.93. The van der Waals surface area contributed by atoms with Crippen molar-refractivity contribution in [3.05, 3.63) is 90.0 Å². The minimum atomic E-state index is -1.19. The summed E-state index contributed by atoms with van der Waals surface area (Å²) in [5.74, 6) is 0.648. The molecule has 0 bridgehead atoms. The molecule has 2 aromatic rings. The van der Waals surface area contributed by atoms with Crippen LogP contribution in [0.4, 0.5) is 0 Å². The van der Waals surface area contributed by atoms with Crippen molar-refractivity contribution < 1.29 is 38.4 Å². The normalized spacial score (nSPS) is 15.1. The molecule has 2 atom stereocenters. The zero-order chi connectivity index (χ0) is 28.7. The van der Waals surface area contributed by atoms with Gasteiger partial charge in [-0.05, 0) is 86.7 Å². The molecule has 0 amide bonds. The van der Waals surface area contributed by atoms with E-state index in [9.17, 15) is 14.7 Å². The molecule has 1 aliphatic carbocycles. The Hall–Kier alpha value is -3.88. The number of aliphatic hydroxyl groups is 1. The highest BCUT2D eigenvalue weighted by molar-refractivity contribution is 5.93. The van der Waals surface area contributed by atoms with Crippen LogP contribution < -0.4 is 14.2 Å². The Kier molecular flexibility index (Phi) is 12.5. The number of esters is 2. The summed E-state index contributed by atoms with van der Waals surface area (Å²) in [5.41, 5.74) is 1.75. The van der Waals surface area contributed by atoms with Crippen LogP contribution in [0.2, 0.25) is 0 Å². The number of unbranched alkanes of at least 4 members (excludes halogenated alkanes) is 2. The van der Waals surface area contributed by atoms with Crippen molar-refractivity contribution in [3.8, 4) is 17.2 Å². The first kappa shape index (κ1) is 30.7. The van der Waals surface area contributed by atoms with E-state index in [-0.39, 0.29) is 6.10 Å². The molecule has 1 N–H and O–H groups in total. The maximum Gasteiger partial charge on any atom is 0.343 e. The van der Waals surface area contributed by atoms with E-state index in [0.717, 1.165) is 25.3 Å². The second-order valence-electron chi connectivity index (χ2n) is 9.30. The second-order valence-corrected chi connectivity index (χ2v) is 9.30. The number of benzene rings is 2. The third kappa shape index (κ3) is 10.0. The van der Waals surface area contributed by atoms with Crippen LogP contribution in [0, 0.1) is 6.92 Å². The average molecular weight is 551 g/mol. The van der Waals surface area contributed by atoms with Gasteiger partial charge in [0.15, 0.2) is 0 Å². The second kappa shape index (κ2) is 16.3. The maximum absolute atomic E-state index is 12.6. The van der Waals surface area contributed by atoms with E-state index in [2.05, 4.69) is 13.5 Å². The highest BCUT2D eigenvalue weighted by Gasteiger charge is 2.17. The first-order valence-electron chi connectivity index (χ1n) is 13.6. The molecule has 0 aromatic heterocycles. The van der Waals surface area contributed by atoms with E-state index in [1.807, 2.05) is 12.2 Å². The fraction of sp³-hybridized carbons (Fsp3) is 0.375. The van der Waals surface area contributed by atoms with Gasteiger partial charge < -0.3 is 28.8 Å². The number of ether oxygens (including phenoxy) is 5. The quantitative estimate of drug-likeness (QED) is 0.0903. The zero-order valence-corrected chi connectivity index (χ0v) is 23.2. The van der Waals surface area contributed by atoms with Gasteiger partial charge in [-0.1, -0.05) is 32.1 Å². The minimum Gasteiger partial charge on any atom is -0.494 e. The van der Waals surface area contributed by atoms with E-state index in [4.69, 9.17) is 23.7 Å². The van der Waals surface area contributed by atoms with Gasteiger partial charge in [0.1, 0.15) is 17.2 Å². The number of carbonyl (C=O) groups is 2. The lowest BCUT2D eigenvalue weighted by Gasteiger charge is -2.17. The van der Waals surface area contributed by atoms with Gasteiger partial charge in [-0.25, -0.2) is 9.59 Å². The van der Waals surface area contributed by atoms with Crippen molar-refractivity contribution in [2.24, 2.45) is 0 Å². The zero-order valence-electron chi connectivity index (χ0n) is 23.2. The molecular formula is C32H38O8. The van der Waals surface area contributed by atoms with Crippen molar-refractivity contribution in [1.82, 2.24) is 0 Å². The number of hydrogen-bond donors (Lipinski definition) is 1. The minimum absolute atomic E-state index is 0.0107. The Balaban J connectivity index is 1.44. The van der Waals surface area contributed by atoms with Crippen molar-refractivity contribution in [2.45, 2.75) is 58.3 Å². The fourth-order valence-electron chi connectivity index (χ4n) is 3.77. The van der Waals surface area contributed by atoms with Gasteiger partial charge in [-0.3, -0.25) is 0 Å².